The van der Waals surface area contributed by atoms with Crippen LogP contribution >= 0.6 is 0 Å². The molecule has 0 amide bonds. The van der Waals surface area contributed by atoms with E-state index in [-0.39, 0.29) is 5.75 Å². The Balaban J connectivity index is 2.20. The fourth-order valence-electron chi connectivity index (χ4n) is 2.57. The van der Waals surface area contributed by atoms with Gasteiger partial charge >= 0.3 is 0 Å². The maximum absolute atomic E-state index is 10.2. The third-order valence-corrected chi connectivity index (χ3v) is 3.69. The first-order valence-electron chi connectivity index (χ1n) is 6.17. The molecule has 3 nitrogen and oxygen atoms in total. The zero-order valence-electron chi connectivity index (χ0n) is 10.9. The van der Waals surface area contributed by atoms with Gasteiger partial charge in [0.05, 0.1) is 18.2 Å². The number of aromatic hydroxyl groups is 1. The van der Waals surface area contributed by atoms with Crippen LogP contribution in [0.15, 0.2) is 47.5 Å². The third kappa shape index (κ3) is 1.70. The number of aliphatic imine (C=N–C) groups is 1. The highest BCUT2D eigenvalue weighted by atomic mass is 16.5. The van der Waals surface area contributed by atoms with Crippen LogP contribution in [0.1, 0.15) is 18.1 Å². The summed E-state index contributed by atoms with van der Waals surface area (Å²) in [6.45, 7) is 2.05. The zero-order chi connectivity index (χ0) is 13.5. The Morgan fingerprint density at radius 1 is 1.11 bits per heavy atom. The number of hydrogen-bond acceptors (Lipinski definition) is 3. The largest absolute Gasteiger partial charge is 0.508 e. The second-order valence-corrected chi connectivity index (χ2v) is 4.86. The third-order valence-electron chi connectivity index (χ3n) is 3.69. The van der Waals surface area contributed by atoms with E-state index in [1.807, 2.05) is 36.5 Å². The molecule has 3 heteroatoms. The molecule has 1 aliphatic heterocycles. The Bertz CT molecular complexity index is 664. The van der Waals surface area contributed by atoms with Gasteiger partial charge in [-0.3, -0.25) is 4.99 Å². The molecular formula is C16H15NO2. The topological polar surface area (TPSA) is 41.8 Å². The average Bonchev–Trinajstić information content (AvgIpc) is 2.79. The summed E-state index contributed by atoms with van der Waals surface area (Å²) >= 11 is 0. The van der Waals surface area contributed by atoms with Crippen LogP contribution in [0, 0.1) is 0 Å². The molecular weight excluding hydrogens is 238 g/mol. The van der Waals surface area contributed by atoms with Gasteiger partial charge in [-0.05, 0) is 36.8 Å². The van der Waals surface area contributed by atoms with Gasteiger partial charge in [0.15, 0.2) is 0 Å². The summed E-state index contributed by atoms with van der Waals surface area (Å²) in [5.74, 6) is 0.984. The lowest BCUT2D eigenvalue weighted by Crippen LogP contribution is -2.22. The molecule has 0 spiro atoms. The standard InChI is InChI=1S/C16H15NO2/c1-16(10-17-14-6-4-3-5-12(14)16)13-9-11(19-2)7-8-15(13)18/h3-10,18H,1-2H3. The molecule has 0 saturated heterocycles. The van der Waals surface area contributed by atoms with Crippen LogP contribution < -0.4 is 4.74 Å². The monoisotopic (exact) mass is 253 g/mol. The van der Waals surface area contributed by atoms with Gasteiger partial charge in [0.2, 0.25) is 0 Å². The van der Waals surface area contributed by atoms with Crippen LogP contribution in [0.2, 0.25) is 0 Å². The molecule has 2 aromatic carbocycles. The maximum atomic E-state index is 10.2. The molecule has 1 heterocycles. The van der Waals surface area contributed by atoms with Gasteiger partial charge < -0.3 is 9.84 Å². The van der Waals surface area contributed by atoms with E-state index in [1.54, 1.807) is 19.2 Å². The van der Waals surface area contributed by atoms with Crippen molar-refractivity contribution in [2.24, 2.45) is 4.99 Å². The first-order chi connectivity index (χ1) is 9.15. The lowest BCUT2D eigenvalue weighted by atomic mass is 9.77. The highest BCUT2D eigenvalue weighted by molar-refractivity contribution is 5.89. The number of methoxy groups -OCH3 is 1. The highest BCUT2D eigenvalue weighted by Gasteiger charge is 2.35. The molecule has 0 aliphatic carbocycles. The molecule has 1 unspecified atom stereocenters. The lowest BCUT2D eigenvalue weighted by molar-refractivity contribution is 0.409. The van der Waals surface area contributed by atoms with Crippen molar-refractivity contribution >= 4 is 11.9 Å². The first kappa shape index (κ1) is 11.8. The van der Waals surface area contributed by atoms with E-state index >= 15 is 0 Å². The van der Waals surface area contributed by atoms with E-state index in [0.717, 1.165) is 22.6 Å². The Hall–Kier alpha value is -2.29. The van der Waals surface area contributed by atoms with E-state index in [0.29, 0.717) is 0 Å². The Kier molecular flexibility index (Phi) is 2.56. The van der Waals surface area contributed by atoms with E-state index in [4.69, 9.17) is 4.74 Å². The summed E-state index contributed by atoms with van der Waals surface area (Å²) < 4.78 is 5.25. The number of nitrogens with zero attached hydrogens (tertiary/aromatic N) is 1. The van der Waals surface area contributed by atoms with Crippen LogP contribution in [0.5, 0.6) is 11.5 Å². The summed E-state index contributed by atoms with van der Waals surface area (Å²) in [7, 11) is 1.62. The second kappa shape index (κ2) is 4.12. The number of fused-ring (bicyclic) bond motifs is 1. The molecule has 0 fully saturated rings. The van der Waals surface area contributed by atoms with Gasteiger partial charge in [-0.15, -0.1) is 0 Å². The van der Waals surface area contributed by atoms with Crippen molar-refractivity contribution in [3.05, 3.63) is 53.6 Å². The summed E-state index contributed by atoms with van der Waals surface area (Å²) in [6.07, 6.45) is 1.88. The van der Waals surface area contributed by atoms with Crippen molar-refractivity contribution in [2.75, 3.05) is 7.11 Å². The Morgan fingerprint density at radius 3 is 2.68 bits per heavy atom. The summed E-state index contributed by atoms with van der Waals surface area (Å²) in [6, 6.07) is 13.3. The number of phenols is 1. The van der Waals surface area contributed by atoms with Crippen LogP contribution in [-0.4, -0.2) is 18.4 Å². The molecule has 19 heavy (non-hydrogen) atoms. The number of hydrogen-bond donors (Lipinski definition) is 1. The van der Waals surface area contributed by atoms with E-state index in [9.17, 15) is 5.11 Å². The van der Waals surface area contributed by atoms with Gasteiger partial charge in [-0.2, -0.15) is 0 Å². The van der Waals surface area contributed by atoms with Crippen LogP contribution in [0.3, 0.4) is 0 Å². The molecule has 0 radical (unpaired) electrons. The number of para-hydroxylation sites is 1. The molecule has 2 aromatic rings. The minimum atomic E-state index is -0.421. The SMILES string of the molecule is COc1ccc(O)c(C2(C)C=Nc3ccccc32)c1. The second-order valence-electron chi connectivity index (χ2n) is 4.86. The average molecular weight is 253 g/mol. The smallest absolute Gasteiger partial charge is 0.120 e. The van der Waals surface area contributed by atoms with Crippen molar-refractivity contribution in [2.45, 2.75) is 12.3 Å². The van der Waals surface area contributed by atoms with Crippen LogP contribution in [0.4, 0.5) is 5.69 Å². The van der Waals surface area contributed by atoms with E-state index in [2.05, 4.69) is 11.9 Å². The molecule has 1 atom stereocenters. The summed E-state index contributed by atoms with van der Waals surface area (Å²) in [5.41, 5.74) is 2.43. The first-order valence-corrected chi connectivity index (χ1v) is 6.17. The Morgan fingerprint density at radius 2 is 1.89 bits per heavy atom. The van der Waals surface area contributed by atoms with Crippen LogP contribution in [0.25, 0.3) is 0 Å². The molecule has 0 saturated carbocycles. The number of rotatable bonds is 2. The molecule has 1 N–H and O–H groups in total. The number of ether oxygens (including phenoxy) is 1. The predicted octanol–water partition coefficient (Wildman–Crippen LogP) is 3.42. The van der Waals surface area contributed by atoms with Gasteiger partial charge in [-0.25, -0.2) is 0 Å². The van der Waals surface area contributed by atoms with Crippen molar-refractivity contribution < 1.29 is 9.84 Å². The van der Waals surface area contributed by atoms with Gasteiger partial charge in [0.25, 0.3) is 0 Å². The Labute approximate surface area is 112 Å². The zero-order valence-corrected chi connectivity index (χ0v) is 10.9. The van der Waals surface area contributed by atoms with Gasteiger partial charge in [-0.1, -0.05) is 18.2 Å². The summed E-state index contributed by atoms with van der Waals surface area (Å²) in [4.78, 5) is 4.45. The predicted molar refractivity (Wildman–Crippen MR) is 75.7 cm³/mol. The number of benzene rings is 2. The van der Waals surface area contributed by atoms with Crippen molar-refractivity contribution in [1.82, 2.24) is 0 Å². The van der Waals surface area contributed by atoms with E-state index < -0.39 is 5.41 Å². The van der Waals surface area contributed by atoms with Crippen molar-refractivity contribution in [3.63, 3.8) is 0 Å². The highest BCUT2D eigenvalue weighted by Crippen LogP contribution is 2.44. The van der Waals surface area contributed by atoms with Gasteiger partial charge in [0.1, 0.15) is 11.5 Å². The van der Waals surface area contributed by atoms with E-state index in [1.165, 1.54) is 0 Å². The van der Waals surface area contributed by atoms with Crippen LogP contribution in [-0.2, 0) is 5.41 Å². The van der Waals surface area contributed by atoms with Crippen molar-refractivity contribution in [1.29, 1.82) is 0 Å². The molecule has 0 aromatic heterocycles. The minimum absolute atomic E-state index is 0.256. The quantitative estimate of drug-likeness (QED) is 0.891. The maximum Gasteiger partial charge on any atom is 0.120 e. The minimum Gasteiger partial charge on any atom is -0.508 e. The fraction of sp³-hybridized carbons (Fsp3) is 0.188. The molecule has 3 rings (SSSR count). The van der Waals surface area contributed by atoms with Crippen molar-refractivity contribution in [3.8, 4) is 11.5 Å². The normalized spacial score (nSPS) is 20.3. The lowest BCUT2D eigenvalue weighted by Gasteiger charge is -2.24. The number of phenolic OH excluding ortho intramolecular Hbond substituents is 1. The molecule has 1 aliphatic rings. The summed E-state index contributed by atoms with van der Waals surface area (Å²) in [5, 5.41) is 10.2. The van der Waals surface area contributed by atoms with Gasteiger partial charge in [0, 0.05) is 11.8 Å². The molecule has 96 valence electrons. The molecule has 0 bridgehead atoms. The fourth-order valence-corrected chi connectivity index (χ4v) is 2.57.